The Morgan fingerprint density at radius 1 is 1.28 bits per heavy atom. The van der Waals surface area contributed by atoms with Crippen LogP contribution in [0.1, 0.15) is 5.69 Å². The molecule has 0 aliphatic rings. The second-order valence-corrected chi connectivity index (χ2v) is 5.21. The fraction of sp³-hybridized carbons (Fsp3) is 0.100. The highest BCUT2D eigenvalue weighted by atomic mass is 32.2. The van der Waals surface area contributed by atoms with Gasteiger partial charge >= 0.3 is 0 Å². The summed E-state index contributed by atoms with van der Waals surface area (Å²) >= 11 is 0. The molecule has 1 aromatic carbocycles. The monoisotopic (exact) mass is 273 g/mol. The minimum Gasteiger partial charge on any atom is -0.281 e. The third kappa shape index (κ3) is 2.19. The third-order valence-electron chi connectivity index (χ3n) is 2.27. The summed E-state index contributed by atoms with van der Waals surface area (Å²) in [6, 6.07) is 3.07. The predicted octanol–water partition coefficient (Wildman–Crippen LogP) is 1.80. The minimum atomic E-state index is -4.07. The Hall–Kier alpha value is -1.96. The van der Waals surface area contributed by atoms with Crippen molar-refractivity contribution in [2.45, 2.75) is 11.8 Å². The molecule has 5 nitrogen and oxygen atoms in total. The average molecular weight is 273 g/mol. The molecule has 0 saturated heterocycles. The number of para-hydroxylation sites is 1. The van der Waals surface area contributed by atoms with Gasteiger partial charge in [0.05, 0.1) is 11.9 Å². The Labute approximate surface area is 102 Å². The Bertz CT molecular complexity index is 662. The average Bonchev–Trinajstić information content (AvgIpc) is 2.71. The van der Waals surface area contributed by atoms with Crippen molar-refractivity contribution in [1.82, 2.24) is 10.2 Å². The van der Waals surface area contributed by atoms with Gasteiger partial charge in [-0.2, -0.15) is 5.10 Å². The normalized spacial score (nSPS) is 11.5. The number of anilines is 1. The van der Waals surface area contributed by atoms with Gasteiger partial charge in [-0.05, 0) is 19.1 Å². The second-order valence-electron chi connectivity index (χ2n) is 3.56. The van der Waals surface area contributed by atoms with Gasteiger partial charge in [0, 0.05) is 0 Å². The molecule has 0 atom stereocenters. The summed E-state index contributed by atoms with van der Waals surface area (Å²) in [5.74, 6) is -1.97. The van der Waals surface area contributed by atoms with Gasteiger partial charge in [0.15, 0.2) is 0 Å². The first-order chi connectivity index (χ1) is 8.42. The van der Waals surface area contributed by atoms with Gasteiger partial charge in [-0.3, -0.25) is 9.82 Å². The van der Waals surface area contributed by atoms with Crippen LogP contribution in [0.25, 0.3) is 0 Å². The highest BCUT2D eigenvalue weighted by molar-refractivity contribution is 7.92. The summed E-state index contributed by atoms with van der Waals surface area (Å²) in [6.45, 7) is 1.49. The number of aryl methyl sites for hydroxylation is 1. The molecule has 0 saturated carbocycles. The standard InChI is InChI=1S/C10H9F2N3O2S/c1-6-9(5-13-14-6)18(16,17)15-10-7(11)3-2-4-8(10)12/h2-5,15H,1H3,(H,13,14). The number of rotatable bonds is 3. The zero-order valence-corrected chi connectivity index (χ0v) is 10.1. The van der Waals surface area contributed by atoms with E-state index in [2.05, 4.69) is 10.2 Å². The van der Waals surface area contributed by atoms with Crippen molar-refractivity contribution in [3.05, 3.63) is 41.7 Å². The molecule has 1 heterocycles. The Morgan fingerprint density at radius 3 is 2.39 bits per heavy atom. The molecule has 0 unspecified atom stereocenters. The van der Waals surface area contributed by atoms with Gasteiger partial charge in [-0.25, -0.2) is 17.2 Å². The van der Waals surface area contributed by atoms with Crippen molar-refractivity contribution in [2.75, 3.05) is 4.72 Å². The number of aromatic amines is 1. The summed E-state index contributed by atoms with van der Waals surface area (Å²) in [5, 5.41) is 5.98. The van der Waals surface area contributed by atoms with E-state index >= 15 is 0 Å². The van der Waals surface area contributed by atoms with Crippen molar-refractivity contribution in [2.24, 2.45) is 0 Å². The quantitative estimate of drug-likeness (QED) is 0.895. The number of hydrogen-bond donors (Lipinski definition) is 2. The molecule has 2 rings (SSSR count). The Kier molecular flexibility index (Phi) is 3.04. The molecule has 0 aliphatic heterocycles. The van der Waals surface area contributed by atoms with E-state index in [1.807, 2.05) is 4.72 Å². The summed E-state index contributed by atoms with van der Waals surface area (Å²) in [7, 11) is -4.07. The summed E-state index contributed by atoms with van der Waals surface area (Å²) in [4.78, 5) is -0.162. The lowest BCUT2D eigenvalue weighted by atomic mass is 10.3. The molecule has 0 amide bonds. The zero-order chi connectivity index (χ0) is 13.3. The van der Waals surface area contributed by atoms with Crippen molar-refractivity contribution in [3.63, 3.8) is 0 Å². The van der Waals surface area contributed by atoms with E-state index in [0.717, 1.165) is 24.4 Å². The van der Waals surface area contributed by atoms with Gasteiger partial charge in [0.2, 0.25) is 0 Å². The van der Waals surface area contributed by atoms with Crippen LogP contribution in [0.5, 0.6) is 0 Å². The molecule has 0 aliphatic carbocycles. The highest BCUT2D eigenvalue weighted by Gasteiger charge is 2.21. The summed E-state index contributed by atoms with van der Waals surface area (Å²) in [5.41, 5.74) is -0.433. The molecular weight excluding hydrogens is 264 g/mol. The number of aromatic nitrogens is 2. The van der Waals surface area contributed by atoms with E-state index in [0.29, 0.717) is 0 Å². The maximum atomic E-state index is 13.3. The van der Waals surface area contributed by atoms with E-state index < -0.39 is 27.3 Å². The molecule has 1 aromatic heterocycles. The van der Waals surface area contributed by atoms with Crippen molar-refractivity contribution >= 4 is 15.7 Å². The van der Waals surface area contributed by atoms with Gasteiger partial charge in [0.1, 0.15) is 22.2 Å². The van der Waals surface area contributed by atoms with Gasteiger partial charge in [-0.15, -0.1) is 0 Å². The summed E-state index contributed by atoms with van der Waals surface area (Å²) < 4.78 is 52.3. The molecule has 2 aromatic rings. The number of benzene rings is 1. The van der Waals surface area contributed by atoms with Crippen molar-refractivity contribution in [3.8, 4) is 0 Å². The van der Waals surface area contributed by atoms with E-state index in [-0.39, 0.29) is 10.6 Å². The Balaban J connectivity index is 2.44. The largest absolute Gasteiger partial charge is 0.281 e. The number of nitrogens with one attached hydrogen (secondary N) is 2. The fourth-order valence-electron chi connectivity index (χ4n) is 1.40. The number of H-pyrrole nitrogens is 1. The van der Waals surface area contributed by atoms with Crippen molar-refractivity contribution < 1.29 is 17.2 Å². The van der Waals surface area contributed by atoms with E-state index in [1.54, 1.807) is 0 Å². The van der Waals surface area contributed by atoms with Crippen LogP contribution in [0.4, 0.5) is 14.5 Å². The highest BCUT2D eigenvalue weighted by Crippen LogP contribution is 2.22. The topological polar surface area (TPSA) is 74.8 Å². The number of hydrogen-bond acceptors (Lipinski definition) is 3. The maximum Gasteiger partial charge on any atom is 0.265 e. The van der Waals surface area contributed by atoms with Crippen LogP contribution < -0.4 is 4.72 Å². The van der Waals surface area contributed by atoms with Gasteiger partial charge in [-0.1, -0.05) is 6.07 Å². The second kappa shape index (κ2) is 4.37. The number of sulfonamides is 1. The first kappa shape index (κ1) is 12.5. The van der Waals surface area contributed by atoms with E-state index in [9.17, 15) is 17.2 Å². The predicted molar refractivity (Wildman–Crippen MR) is 60.5 cm³/mol. The molecule has 96 valence electrons. The first-order valence-electron chi connectivity index (χ1n) is 4.88. The third-order valence-corrected chi connectivity index (χ3v) is 3.74. The molecule has 2 N–H and O–H groups in total. The lowest BCUT2D eigenvalue weighted by Crippen LogP contribution is -2.15. The molecule has 8 heteroatoms. The van der Waals surface area contributed by atoms with Gasteiger partial charge in [0.25, 0.3) is 10.0 Å². The van der Waals surface area contributed by atoms with Crippen LogP contribution in [0.15, 0.2) is 29.3 Å². The lowest BCUT2D eigenvalue weighted by molar-refractivity contribution is 0.582. The van der Waals surface area contributed by atoms with Crippen molar-refractivity contribution in [1.29, 1.82) is 0 Å². The first-order valence-corrected chi connectivity index (χ1v) is 6.37. The number of nitrogens with zero attached hydrogens (tertiary/aromatic N) is 1. The minimum absolute atomic E-state index is 0.162. The van der Waals surface area contributed by atoms with Crippen LogP contribution in [0.2, 0.25) is 0 Å². The molecule has 0 radical (unpaired) electrons. The number of halogens is 2. The molecule has 0 fully saturated rings. The Morgan fingerprint density at radius 2 is 1.89 bits per heavy atom. The maximum absolute atomic E-state index is 13.3. The fourth-order valence-corrected chi connectivity index (χ4v) is 2.61. The smallest absolute Gasteiger partial charge is 0.265 e. The van der Waals surface area contributed by atoms with E-state index in [4.69, 9.17) is 0 Å². The lowest BCUT2D eigenvalue weighted by Gasteiger charge is -2.08. The van der Waals surface area contributed by atoms with Crippen LogP contribution in [0.3, 0.4) is 0 Å². The van der Waals surface area contributed by atoms with E-state index in [1.165, 1.54) is 6.92 Å². The van der Waals surface area contributed by atoms with Crippen LogP contribution >= 0.6 is 0 Å². The van der Waals surface area contributed by atoms with Gasteiger partial charge < -0.3 is 0 Å². The molecule has 0 bridgehead atoms. The van der Waals surface area contributed by atoms with Crippen LogP contribution in [0, 0.1) is 18.6 Å². The SMILES string of the molecule is Cc1[nH]ncc1S(=O)(=O)Nc1c(F)cccc1F. The molecule has 0 spiro atoms. The van der Waals surface area contributed by atoms with Crippen LogP contribution in [-0.4, -0.2) is 18.6 Å². The molecule has 18 heavy (non-hydrogen) atoms. The van der Waals surface area contributed by atoms with Crippen LogP contribution in [-0.2, 0) is 10.0 Å². The molecular formula is C10H9F2N3O2S. The zero-order valence-electron chi connectivity index (χ0n) is 9.24. The summed E-state index contributed by atoms with van der Waals surface area (Å²) in [6.07, 6.45) is 1.07.